The van der Waals surface area contributed by atoms with Crippen molar-refractivity contribution in [1.82, 2.24) is 20.7 Å². The molecule has 0 aliphatic rings. The number of carbonyl (C=O) groups is 4. The minimum absolute atomic E-state index is 0.155. The van der Waals surface area contributed by atoms with E-state index in [-0.39, 0.29) is 37.2 Å². The summed E-state index contributed by atoms with van der Waals surface area (Å²) in [5, 5.41) is 7.50. The van der Waals surface area contributed by atoms with Crippen LogP contribution < -0.4 is 20.7 Å². The average molecular weight is 407 g/mol. The first-order chi connectivity index (χ1) is 12.8. The van der Waals surface area contributed by atoms with Crippen molar-refractivity contribution >= 4 is 35.6 Å². The van der Waals surface area contributed by atoms with Crippen molar-refractivity contribution in [2.75, 3.05) is 19.3 Å². The molecule has 0 heterocycles. The van der Waals surface area contributed by atoms with Gasteiger partial charge in [0.1, 0.15) is 6.04 Å². The highest BCUT2D eigenvalue weighted by molar-refractivity contribution is 7.97. The molecule has 0 rings (SSSR count). The van der Waals surface area contributed by atoms with Crippen LogP contribution in [0.25, 0.3) is 0 Å². The summed E-state index contributed by atoms with van der Waals surface area (Å²) >= 11 is 1.14. The van der Waals surface area contributed by atoms with E-state index in [0.717, 1.165) is 11.9 Å². The highest BCUT2D eigenvalue weighted by atomic mass is 32.2. The van der Waals surface area contributed by atoms with Crippen LogP contribution in [0.4, 0.5) is 0 Å². The largest absolute Gasteiger partial charge is 0.345 e. The zero-order chi connectivity index (χ0) is 21.8. The summed E-state index contributed by atoms with van der Waals surface area (Å²) in [4.78, 5) is 46.3. The van der Waals surface area contributed by atoms with E-state index < -0.39 is 17.9 Å². The van der Waals surface area contributed by atoms with Crippen molar-refractivity contribution in [3.05, 3.63) is 0 Å². The smallest absolute Gasteiger partial charge is 0.249 e. The summed E-state index contributed by atoms with van der Waals surface area (Å²) in [6, 6.07) is -0.671. The third kappa shape index (κ3) is 18.8. The first-order valence-electron chi connectivity index (χ1n) is 9.45. The van der Waals surface area contributed by atoms with Crippen molar-refractivity contribution in [3.63, 3.8) is 0 Å². The molecule has 0 bridgehead atoms. The van der Waals surface area contributed by atoms with E-state index in [0.29, 0.717) is 6.42 Å². The van der Waals surface area contributed by atoms with Crippen molar-refractivity contribution in [1.29, 1.82) is 0 Å². The molecular formula is C18H38N4O4S. The van der Waals surface area contributed by atoms with E-state index >= 15 is 0 Å². The van der Waals surface area contributed by atoms with Gasteiger partial charge in [-0.15, -0.1) is 0 Å². The highest BCUT2D eigenvalue weighted by Crippen LogP contribution is 2.05. The summed E-state index contributed by atoms with van der Waals surface area (Å²) in [5.74, 6) is -1.22. The van der Waals surface area contributed by atoms with Crippen LogP contribution in [-0.2, 0) is 19.2 Å². The maximum absolute atomic E-state index is 12.1. The minimum atomic E-state index is -0.671. The molecule has 0 aromatic heterocycles. The van der Waals surface area contributed by atoms with E-state index in [4.69, 9.17) is 0 Å². The van der Waals surface area contributed by atoms with Gasteiger partial charge in [0, 0.05) is 12.7 Å². The van der Waals surface area contributed by atoms with E-state index in [1.165, 1.54) is 0 Å². The number of nitrogens with one attached hydrogen (secondary N) is 4. The Balaban J connectivity index is -0.00000134. The Hall–Kier alpha value is -1.77. The molecule has 0 spiro atoms. The normalized spacial score (nSPS) is 10.3. The Bertz CT molecular complexity index is 432. The number of carbonyl (C=O) groups excluding carboxylic acids is 4. The first-order valence-corrected chi connectivity index (χ1v) is 10.7. The lowest BCUT2D eigenvalue weighted by molar-refractivity contribution is -0.131. The van der Waals surface area contributed by atoms with E-state index in [1.54, 1.807) is 13.2 Å². The molecule has 0 aliphatic heterocycles. The maximum Gasteiger partial charge on any atom is 0.249 e. The van der Waals surface area contributed by atoms with Gasteiger partial charge in [0.15, 0.2) is 0 Å². The second kappa shape index (κ2) is 20.5. The Morgan fingerprint density at radius 3 is 1.81 bits per heavy atom. The summed E-state index contributed by atoms with van der Waals surface area (Å²) in [6.07, 6.45) is 2.46. The highest BCUT2D eigenvalue weighted by Gasteiger charge is 2.21. The molecule has 4 amide bonds. The quantitative estimate of drug-likeness (QED) is 0.411. The predicted octanol–water partition coefficient (Wildman–Crippen LogP) is 1.61. The monoisotopic (exact) mass is 406 g/mol. The third-order valence-corrected chi connectivity index (χ3v) is 3.20. The van der Waals surface area contributed by atoms with Gasteiger partial charge >= 0.3 is 0 Å². The van der Waals surface area contributed by atoms with Crippen LogP contribution in [0.15, 0.2) is 0 Å². The van der Waals surface area contributed by atoms with E-state index in [2.05, 4.69) is 20.7 Å². The van der Waals surface area contributed by atoms with E-state index in [9.17, 15) is 19.2 Å². The molecule has 1 atom stereocenters. The predicted molar refractivity (Wildman–Crippen MR) is 112 cm³/mol. The summed E-state index contributed by atoms with van der Waals surface area (Å²) < 4.78 is 2.46. The molecule has 0 fully saturated rings. The lowest BCUT2D eigenvalue weighted by Crippen LogP contribution is -2.49. The standard InChI is InChI=1S/C14H26N4O4S.2C2H6/c1-5-11(19)17-10(6-9(2)3)14(22)16-7-12(20)15-8-13(21)18-23-4;2*1-2/h9-10H,5-8H2,1-4H3,(H,15,20)(H,16,22)(H,17,19)(H,18,21);2*1-2H3. The van der Waals surface area contributed by atoms with Gasteiger partial charge < -0.3 is 16.0 Å². The number of amides is 4. The van der Waals surface area contributed by atoms with Crippen molar-refractivity contribution < 1.29 is 19.2 Å². The molecule has 1 unspecified atom stereocenters. The van der Waals surface area contributed by atoms with Crippen LogP contribution in [-0.4, -0.2) is 49.0 Å². The van der Waals surface area contributed by atoms with Crippen LogP contribution in [0, 0.1) is 5.92 Å². The van der Waals surface area contributed by atoms with Crippen LogP contribution in [0.2, 0.25) is 0 Å². The molecule has 9 heteroatoms. The fourth-order valence-electron chi connectivity index (χ4n) is 1.68. The Kier molecular flexibility index (Phi) is 22.8. The third-order valence-electron chi connectivity index (χ3n) is 2.77. The number of hydrogen-bond donors (Lipinski definition) is 4. The maximum atomic E-state index is 12.1. The molecule has 27 heavy (non-hydrogen) atoms. The Morgan fingerprint density at radius 1 is 0.852 bits per heavy atom. The van der Waals surface area contributed by atoms with E-state index in [1.807, 2.05) is 41.5 Å². The molecule has 0 aromatic rings. The van der Waals surface area contributed by atoms with Crippen LogP contribution >= 0.6 is 11.9 Å². The Labute approximate surface area is 168 Å². The summed E-state index contributed by atoms with van der Waals surface area (Å²) in [7, 11) is 0. The molecule has 0 saturated carbocycles. The second-order valence-electron chi connectivity index (χ2n) is 5.33. The van der Waals surface area contributed by atoms with Crippen molar-refractivity contribution in [2.45, 2.75) is 67.3 Å². The number of hydrogen-bond acceptors (Lipinski definition) is 5. The minimum Gasteiger partial charge on any atom is -0.345 e. The van der Waals surface area contributed by atoms with Gasteiger partial charge in [0.05, 0.1) is 13.1 Å². The Morgan fingerprint density at radius 2 is 1.37 bits per heavy atom. The fraction of sp³-hybridized carbons (Fsp3) is 0.778. The first kappa shape index (κ1) is 30.0. The van der Waals surface area contributed by atoms with Gasteiger partial charge in [-0.3, -0.25) is 23.9 Å². The molecule has 4 N–H and O–H groups in total. The fourth-order valence-corrected chi connectivity index (χ4v) is 1.98. The van der Waals surface area contributed by atoms with Gasteiger partial charge in [-0.1, -0.05) is 60.4 Å². The van der Waals surface area contributed by atoms with Gasteiger partial charge in [-0.2, -0.15) is 0 Å². The zero-order valence-corrected chi connectivity index (χ0v) is 18.8. The molecular weight excluding hydrogens is 368 g/mol. The summed E-state index contributed by atoms with van der Waals surface area (Å²) in [6.45, 7) is 13.2. The van der Waals surface area contributed by atoms with Gasteiger partial charge in [-0.25, -0.2) is 0 Å². The topological polar surface area (TPSA) is 116 Å². The van der Waals surface area contributed by atoms with Crippen LogP contribution in [0.5, 0.6) is 0 Å². The average Bonchev–Trinajstić information content (AvgIpc) is 2.66. The van der Waals surface area contributed by atoms with Gasteiger partial charge in [-0.05, 0) is 12.3 Å². The molecule has 0 saturated heterocycles. The lowest BCUT2D eigenvalue weighted by Gasteiger charge is -2.19. The van der Waals surface area contributed by atoms with Crippen molar-refractivity contribution in [3.8, 4) is 0 Å². The second-order valence-corrected chi connectivity index (χ2v) is 5.94. The lowest BCUT2D eigenvalue weighted by atomic mass is 10.0. The van der Waals surface area contributed by atoms with Gasteiger partial charge in [0.2, 0.25) is 23.6 Å². The summed E-state index contributed by atoms with van der Waals surface area (Å²) in [5.41, 5.74) is 0. The molecule has 0 radical (unpaired) electrons. The molecule has 8 nitrogen and oxygen atoms in total. The molecule has 0 aliphatic carbocycles. The molecule has 160 valence electrons. The molecule has 0 aromatic carbocycles. The zero-order valence-electron chi connectivity index (χ0n) is 18.0. The number of rotatable bonds is 10. The van der Waals surface area contributed by atoms with Crippen molar-refractivity contribution in [2.24, 2.45) is 5.92 Å². The van der Waals surface area contributed by atoms with Crippen LogP contribution in [0.3, 0.4) is 0 Å². The van der Waals surface area contributed by atoms with Crippen LogP contribution in [0.1, 0.15) is 61.3 Å². The SMILES string of the molecule is CC.CC.CCC(=O)NC(CC(C)C)C(=O)NCC(=O)NCC(=O)NSC. The van der Waals surface area contributed by atoms with Gasteiger partial charge in [0.25, 0.3) is 0 Å².